The molecule has 108 valence electrons. The minimum Gasteiger partial charge on any atom is -0.349 e. The van der Waals surface area contributed by atoms with Crippen LogP contribution in [0.25, 0.3) is 10.2 Å². The topological polar surface area (TPSA) is 29.0 Å². The van der Waals surface area contributed by atoms with Crippen LogP contribution in [0.5, 0.6) is 0 Å². The van der Waals surface area contributed by atoms with Crippen molar-refractivity contribution >= 4 is 39.0 Å². The number of hydrogen-bond donors (Lipinski definition) is 0. The maximum Gasteiger partial charge on any atom is 0.225 e. The molecule has 0 aliphatic carbocycles. The first-order valence-corrected chi connectivity index (χ1v) is 8.12. The van der Waals surface area contributed by atoms with E-state index < -0.39 is 0 Å². The summed E-state index contributed by atoms with van der Waals surface area (Å²) in [5.41, 5.74) is 1.25. The zero-order valence-electron chi connectivity index (χ0n) is 12.0. The molecule has 3 rings (SSSR count). The van der Waals surface area contributed by atoms with Gasteiger partial charge in [-0.2, -0.15) is 4.98 Å². The highest BCUT2D eigenvalue weighted by Gasteiger charge is 2.18. The summed E-state index contributed by atoms with van der Waals surface area (Å²) in [4.78, 5) is 12.0. The summed E-state index contributed by atoms with van der Waals surface area (Å²) in [6, 6.07) is 12.8. The predicted octanol–water partition coefficient (Wildman–Crippen LogP) is 4.76. The minimum atomic E-state index is 0.304. The second kappa shape index (κ2) is 6.00. The third kappa shape index (κ3) is 3.01. The predicted molar refractivity (Wildman–Crippen MR) is 90.2 cm³/mol. The van der Waals surface area contributed by atoms with Crippen LogP contribution in [-0.4, -0.2) is 16.0 Å². The normalized spacial score (nSPS) is 11.2. The summed E-state index contributed by atoms with van der Waals surface area (Å²) < 4.78 is 0. The molecule has 0 saturated carbocycles. The molecule has 0 unspecified atom stereocenters. The molecule has 0 fully saturated rings. The molecule has 5 heteroatoms. The number of halogens is 1. The van der Waals surface area contributed by atoms with Gasteiger partial charge in [0, 0.05) is 12.6 Å². The van der Waals surface area contributed by atoms with Gasteiger partial charge >= 0.3 is 0 Å². The molecule has 0 amide bonds. The Kier molecular flexibility index (Phi) is 4.08. The number of benzene rings is 1. The van der Waals surface area contributed by atoms with Crippen LogP contribution in [0.1, 0.15) is 19.4 Å². The smallest absolute Gasteiger partial charge is 0.225 e. The number of aromatic nitrogens is 2. The Labute approximate surface area is 133 Å². The molecule has 0 radical (unpaired) electrons. The third-order valence-corrected chi connectivity index (χ3v) is 4.34. The van der Waals surface area contributed by atoms with Gasteiger partial charge in [0.2, 0.25) is 5.28 Å². The van der Waals surface area contributed by atoms with Crippen molar-refractivity contribution in [3.8, 4) is 0 Å². The summed E-state index contributed by atoms with van der Waals surface area (Å²) in [6.07, 6.45) is 0. The molecule has 0 aliphatic rings. The number of thiophene rings is 1. The molecule has 0 atom stereocenters. The number of rotatable bonds is 4. The van der Waals surface area contributed by atoms with Crippen molar-refractivity contribution < 1.29 is 0 Å². The second-order valence-electron chi connectivity index (χ2n) is 5.16. The van der Waals surface area contributed by atoms with Gasteiger partial charge in [-0.3, -0.25) is 0 Å². The highest BCUT2D eigenvalue weighted by Crippen LogP contribution is 2.31. The van der Waals surface area contributed by atoms with Gasteiger partial charge in [0.25, 0.3) is 0 Å². The lowest BCUT2D eigenvalue weighted by Crippen LogP contribution is -2.31. The zero-order chi connectivity index (χ0) is 14.8. The standard InChI is InChI=1S/C16H16ClN3S/c1-11(2)20(10-12-6-4-3-5-7-12)14-13-8-9-21-15(13)19-16(17)18-14/h3-9,11H,10H2,1-2H3. The van der Waals surface area contributed by atoms with Crippen LogP contribution in [-0.2, 0) is 6.54 Å². The summed E-state index contributed by atoms with van der Waals surface area (Å²) in [5.74, 6) is 0.908. The van der Waals surface area contributed by atoms with E-state index in [1.165, 1.54) is 5.56 Å². The first-order valence-electron chi connectivity index (χ1n) is 6.86. The van der Waals surface area contributed by atoms with E-state index in [2.05, 4.69) is 59.0 Å². The van der Waals surface area contributed by atoms with Gasteiger partial charge in [-0.1, -0.05) is 30.3 Å². The molecular formula is C16H16ClN3S. The van der Waals surface area contributed by atoms with E-state index in [0.29, 0.717) is 11.3 Å². The highest BCUT2D eigenvalue weighted by molar-refractivity contribution is 7.16. The highest BCUT2D eigenvalue weighted by atomic mass is 35.5. The fourth-order valence-corrected chi connectivity index (χ4v) is 3.29. The van der Waals surface area contributed by atoms with Gasteiger partial charge in [0.15, 0.2) is 0 Å². The van der Waals surface area contributed by atoms with Crippen LogP contribution in [0.3, 0.4) is 0 Å². The van der Waals surface area contributed by atoms with Crippen LogP contribution in [0, 0.1) is 0 Å². The molecule has 1 aromatic carbocycles. The monoisotopic (exact) mass is 317 g/mol. The fraction of sp³-hybridized carbons (Fsp3) is 0.250. The molecule has 0 N–H and O–H groups in total. The maximum atomic E-state index is 6.09. The average Bonchev–Trinajstić information content (AvgIpc) is 2.93. The van der Waals surface area contributed by atoms with Crippen LogP contribution in [0.15, 0.2) is 41.8 Å². The summed E-state index contributed by atoms with van der Waals surface area (Å²) >= 11 is 7.68. The molecule has 2 aromatic heterocycles. The maximum absolute atomic E-state index is 6.09. The van der Waals surface area contributed by atoms with Gasteiger partial charge in [-0.25, -0.2) is 4.98 Å². The van der Waals surface area contributed by atoms with Crippen LogP contribution >= 0.6 is 22.9 Å². The van der Waals surface area contributed by atoms with E-state index in [0.717, 1.165) is 22.6 Å². The Bertz CT molecular complexity index is 740. The molecule has 0 spiro atoms. The van der Waals surface area contributed by atoms with Gasteiger partial charge in [-0.05, 0) is 42.5 Å². The molecule has 21 heavy (non-hydrogen) atoms. The Balaban J connectivity index is 2.05. The number of anilines is 1. The van der Waals surface area contributed by atoms with Gasteiger partial charge in [0.05, 0.1) is 5.39 Å². The number of nitrogens with zero attached hydrogens (tertiary/aromatic N) is 3. The van der Waals surface area contributed by atoms with Crippen molar-refractivity contribution in [2.45, 2.75) is 26.4 Å². The fourth-order valence-electron chi connectivity index (χ4n) is 2.32. The SMILES string of the molecule is CC(C)N(Cc1ccccc1)c1nc(Cl)nc2sccc12. The Morgan fingerprint density at radius 1 is 1.14 bits per heavy atom. The molecule has 2 heterocycles. The van der Waals surface area contributed by atoms with E-state index in [1.54, 1.807) is 11.3 Å². The molecule has 0 aliphatic heterocycles. The molecule has 3 nitrogen and oxygen atoms in total. The van der Waals surface area contributed by atoms with Crippen molar-refractivity contribution in [2.24, 2.45) is 0 Å². The lowest BCUT2D eigenvalue weighted by Gasteiger charge is -2.28. The first-order chi connectivity index (χ1) is 10.1. The summed E-state index contributed by atoms with van der Waals surface area (Å²) in [6.45, 7) is 5.13. The van der Waals surface area contributed by atoms with Gasteiger partial charge in [0.1, 0.15) is 10.6 Å². The van der Waals surface area contributed by atoms with E-state index in [4.69, 9.17) is 11.6 Å². The quantitative estimate of drug-likeness (QED) is 0.650. The number of fused-ring (bicyclic) bond motifs is 1. The minimum absolute atomic E-state index is 0.304. The van der Waals surface area contributed by atoms with Crippen LogP contribution < -0.4 is 4.90 Å². The van der Waals surface area contributed by atoms with E-state index >= 15 is 0 Å². The lowest BCUT2D eigenvalue weighted by molar-refractivity contribution is 0.675. The van der Waals surface area contributed by atoms with Crippen molar-refractivity contribution in [2.75, 3.05) is 4.90 Å². The van der Waals surface area contributed by atoms with E-state index in [9.17, 15) is 0 Å². The van der Waals surface area contributed by atoms with Gasteiger partial charge in [-0.15, -0.1) is 11.3 Å². The molecule has 0 bridgehead atoms. The zero-order valence-corrected chi connectivity index (χ0v) is 13.5. The van der Waals surface area contributed by atoms with Crippen molar-refractivity contribution in [3.63, 3.8) is 0 Å². The second-order valence-corrected chi connectivity index (χ2v) is 6.40. The van der Waals surface area contributed by atoms with Crippen LogP contribution in [0.4, 0.5) is 5.82 Å². The van der Waals surface area contributed by atoms with Crippen LogP contribution in [0.2, 0.25) is 5.28 Å². The number of hydrogen-bond acceptors (Lipinski definition) is 4. The van der Waals surface area contributed by atoms with Gasteiger partial charge < -0.3 is 4.90 Å². The Morgan fingerprint density at radius 3 is 2.62 bits per heavy atom. The van der Waals surface area contributed by atoms with Crippen molar-refractivity contribution in [1.29, 1.82) is 0 Å². The molecule has 3 aromatic rings. The summed E-state index contributed by atoms with van der Waals surface area (Å²) in [5, 5.41) is 3.40. The summed E-state index contributed by atoms with van der Waals surface area (Å²) in [7, 11) is 0. The average molecular weight is 318 g/mol. The Hall–Kier alpha value is -1.65. The van der Waals surface area contributed by atoms with E-state index in [1.807, 2.05) is 11.4 Å². The Morgan fingerprint density at radius 2 is 1.90 bits per heavy atom. The van der Waals surface area contributed by atoms with E-state index in [-0.39, 0.29) is 0 Å². The third-order valence-electron chi connectivity index (χ3n) is 3.37. The van der Waals surface area contributed by atoms with Crippen molar-refractivity contribution in [3.05, 3.63) is 52.6 Å². The molecular weight excluding hydrogens is 302 g/mol. The lowest BCUT2D eigenvalue weighted by atomic mass is 10.2. The van der Waals surface area contributed by atoms with Crippen molar-refractivity contribution in [1.82, 2.24) is 9.97 Å². The first kappa shape index (κ1) is 14.3. The molecule has 0 saturated heterocycles. The largest absolute Gasteiger partial charge is 0.349 e.